The van der Waals surface area contributed by atoms with Crippen LogP contribution in [-0.4, -0.2) is 17.4 Å². The minimum Gasteiger partial charge on any atom is -0.351 e. The van der Waals surface area contributed by atoms with Gasteiger partial charge in [0, 0.05) is 28.8 Å². The molecule has 0 aliphatic heterocycles. The molecule has 1 aromatic heterocycles. The van der Waals surface area contributed by atoms with Crippen molar-refractivity contribution in [2.75, 3.05) is 6.54 Å². The molecule has 3 aromatic rings. The van der Waals surface area contributed by atoms with Gasteiger partial charge in [0.1, 0.15) is 0 Å². The highest BCUT2D eigenvalue weighted by molar-refractivity contribution is 7.20. The van der Waals surface area contributed by atoms with Crippen LogP contribution in [0.3, 0.4) is 0 Å². The second-order valence-electron chi connectivity index (χ2n) is 5.61. The molecule has 0 spiro atoms. The zero-order valence-corrected chi connectivity index (χ0v) is 13.9. The molecule has 3 rings (SSSR count). The molecule has 5 nitrogen and oxygen atoms in total. The van der Waals surface area contributed by atoms with Crippen LogP contribution < -0.4 is 5.32 Å². The largest absolute Gasteiger partial charge is 0.351 e. The molecule has 24 heavy (non-hydrogen) atoms. The van der Waals surface area contributed by atoms with Crippen LogP contribution in [0.15, 0.2) is 54.6 Å². The first-order chi connectivity index (χ1) is 11.5. The molecule has 6 heteroatoms. The number of nitro groups is 1. The predicted octanol–water partition coefficient (Wildman–Crippen LogP) is 4.34. The predicted molar refractivity (Wildman–Crippen MR) is 95.7 cm³/mol. The zero-order chi connectivity index (χ0) is 17.1. The highest BCUT2D eigenvalue weighted by Gasteiger charge is 2.14. The third-order valence-corrected chi connectivity index (χ3v) is 4.99. The number of fused-ring (bicyclic) bond motifs is 1. The van der Waals surface area contributed by atoms with E-state index in [1.807, 2.05) is 30.3 Å². The van der Waals surface area contributed by atoms with E-state index in [0.29, 0.717) is 11.4 Å². The Bertz CT molecular complexity index is 890. The second kappa shape index (κ2) is 6.80. The molecule has 0 radical (unpaired) electrons. The van der Waals surface area contributed by atoms with Gasteiger partial charge in [-0.05, 0) is 23.6 Å². The number of nitrogens with zero attached hydrogens (tertiary/aromatic N) is 1. The summed E-state index contributed by atoms with van der Waals surface area (Å²) in [6, 6.07) is 16.3. The molecule has 0 fully saturated rings. The molecule has 122 valence electrons. The monoisotopic (exact) mass is 340 g/mol. The Labute approximate surface area is 143 Å². The quantitative estimate of drug-likeness (QED) is 0.554. The van der Waals surface area contributed by atoms with Crippen molar-refractivity contribution in [3.63, 3.8) is 0 Å². The maximum Gasteiger partial charge on any atom is 0.270 e. The number of non-ortho nitro benzene ring substituents is 1. The molecular formula is C18H16N2O3S. The van der Waals surface area contributed by atoms with E-state index in [4.69, 9.17) is 0 Å². The Kier molecular flexibility index (Phi) is 4.57. The number of amides is 1. The Morgan fingerprint density at radius 1 is 1.21 bits per heavy atom. The third kappa shape index (κ3) is 3.44. The summed E-state index contributed by atoms with van der Waals surface area (Å²) in [4.78, 5) is 23.3. The highest BCUT2D eigenvalue weighted by atomic mass is 32.1. The zero-order valence-electron chi connectivity index (χ0n) is 13.1. The number of thiophene rings is 1. The molecule has 2 aromatic carbocycles. The molecule has 1 atom stereocenters. The Morgan fingerprint density at radius 2 is 1.96 bits per heavy atom. The van der Waals surface area contributed by atoms with Gasteiger partial charge >= 0.3 is 0 Å². The van der Waals surface area contributed by atoms with Crippen molar-refractivity contribution in [3.8, 4) is 0 Å². The summed E-state index contributed by atoms with van der Waals surface area (Å²) >= 11 is 1.34. The van der Waals surface area contributed by atoms with E-state index in [9.17, 15) is 14.9 Å². The fourth-order valence-electron chi connectivity index (χ4n) is 2.49. The van der Waals surface area contributed by atoms with E-state index in [2.05, 4.69) is 12.2 Å². The lowest BCUT2D eigenvalue weighted by Gasteiger charge is -2.12. The molecule has 0 aliphatic rings. The van der Waals surface area contributed by atoms with Crippen LogP contribution in [0, 0.1) is 10.1 Å². The number of hydrogen-bond donors (Lipinski definition) is 1. The van der Waals surface area contributed by atoms with Gasteiger partial charge < -0.3 is 5.32 Å². The summed E-state index contributed by atoms with van der Waals surface area (Å²) in [6.45, 7) is 2.60. The number of rotatable bonds is 5. The molecule has 0 saturated heterocycles. The van der Waals surface area contributed by atoms with Crippen LogP contribution in [0.2, 0.25) is 0 Å². The van der Waals surface area contributed by atoms with E-state index in [0.717, 1.165) is 10.1 Å². The van der Waals surface area contributed by atoms with Gasteiger partial charge in [0.25, 0.3) is 11.6 Å². The molecule has 1 amide bonds. The van der Waals surface area contributed by atoms with Crippen LogP contribution in [0.25, 0.3) is 10.1 Å². The highest BCUT2D eigenvalue weighted by Crippen LogP contribution is 2.29. The average molecular weight is 340 g/mol. The summed E-state index contributed by atoms with van der Waals surface area (Å²) in [5.41, 5.74) is 1.20. The van der Waals surface area contributed by atoms with Crippen molar-refractivity contribution in [1.82, 2.24) is 5.32 Å². The van der Waals surface area contributed by atoms with Gasteiger partial charge in [-0.1, -0.05) is 37.3 Å². The second-order valence-corrected chi connectivity index (χ2v) is 6.70. The van der Waals surface area contributed by atoms with Crippen LogP contribution in [-0.2, 0) is 0 Å². The lowest BCUT2D eigenvalue weighted by atomic mass is 10.0. The maximum absolute atomic E-state index is 12.3. The van der Waals surface area contributed by atoms with Crippen molar-refractivity contribution in [2.45, 2.75) is 12.8 Å². The number of hydrogen-bond acceptors (Lipinski definition) is 4. The lowest BCUT2D eigenvalue weighted by Crippen LogP contribution is -2.26. The smallest absolute Gasteiger partial charge is 0.270 e. The molecule has 0 saturated carbocycles. The summed E-state index contributed by atoms with van der Waals surface area (Å²) < 4.78 is 0.863. The van der Waals surface area contributed by atoms with Crippen LogP contribution >= 0.6 is 11.3 Å². The van der Waals surface area contributed by atoms with E-state index in [1.54, 1.807) is 12.1 Å². The third-order valence-electron chi connectivity index (χ3n) is 3.87. The summed E-state index contributed by atoms with van der Waals surface area (Å²) in [7, 11) is 0. The van der Waals surface area contributed by atoms with Crippen LogP contribution in [0.5, 0.6) is 0 Å². The Balaban J connectivity index is 1.71. The normalized spacial score (nSPS) is 12.0. The fourth-order valence-corrected chi connectivity index (χ4v) is 3.45. The van der Waals surface area contributed by atoms with Gasteiger partial charge in [-0.3, -0.25) is 14.9 Å². The van der Waals surface area contributed by atoms with Gasteiger partial charge in [-0.15, -0.1) is 11.3 Å². The molecule has 0 bridgehead atoms. The molecule has 1 N–H and O–H groups in total. The van der Waals surface area contributed by atoms with E-state index in [-0.39, 0.29) is 17.5 Å². The SMILES string of the molecule is C[C@H](CNC(=O)c1cc2cc([N+](=O)[O-])ccc2s1)c1ccccc1. The minimum atomic E-state index is -0.432. The minimum absolute atomic E-state index is 0.0324. The van der Waals surface area contributed by atoms with Gasteiger partial charge in [0.2, 0.25) is 0 Å². The Morgan fingerprint density at radius 3 is 2.67 bits per heavy atom. The number of nitro benzene ring substituents is 1. The fraction of sp³-hybridized carbons (Fsp3) is 0.167. The average Bonchev–Trinajstić information content (AvgIpc) is 3.03. The standard InChI is InChI=1S/C18H16N2O3S/c1-12(13-5-3-2-4-6-13)11-19-18(21)17-10-14-9-15(20(22)23)7-8-16(14)24-17/h2-10,12H,11H2,1H3,(H,19,21)/t12-/m1/s1. The van der Waals surface area contributed by atoms with E-state index in [1.165, 1.54) is 29.0 Å². The van der Waals surface area contributed by atoms with Crippen molar-refractivity contribution < 1.29 is 9.72 Å². The first kappa shape index (κ1) is 16.1. The van der Waals surface area contributed by atoms with Crippen molar-refractivity contribution in [3.05, 3.63) is 75.2 Å². The van der Waals surface area contributed by atoms with Gasteiger partial charge in [-0.25, -0.2) is 0 Å². The first-order valence-corrected chi connectivity index (χ1v) is 8.37. The first-order valence-electron chi connectivity index (χ1n) is 7.56. The van der Waals surface area contributed by atoms with Crippen molar-refractivity contribution >= 4 is 33.0 Å². The maximum atomic E-state index is 12.3. The Hall–Kier alpha value is -2.73. The van der Waals surface area contributed by atoms with E-state index >= 15 is 0 Å². The van der Waals surface area contributed by atoms with E-state index < -0.39 is 4.92 Å². The van der Waals surface area contributed by atoms with Crippen LogP contribution in [0.4, 0.5) is 5.69 Å². The molecule has 0 unspecified atom stereocenters. The van der Waals surface area contributed by atoms with Crippen LogP contribution in [0.1, 0.15) is 28.1 Å². The van der Waals surface area contributed by atoms with Gasteiger partial charge in [0.15, 0.2) is 0 Å². The number of nitrogens with one attached hydrogen (secondary N) is 1. The van der Waals surface area contributed by atoms with Crippen molar-refractivity contribution in [2.24, 2.45) is 0 Å². The number of carbonyl (C=O) groups excluding carboxylic acids is 1. The topological polar surface area (TPSA) is 72.2 Å². The molecular weight excluding hydrogens is 324 g/mol. The lowest BCUT2D eigenvalue weighted by molar-refractivity contribution is -0.384. The summed E-state index contributed by atoms with van der Waals surface area (Å²) in [5, 5.41) is 14.5. The van der Waals surface area contributed by atoms with Gasteiger partial charge in [0.05, 0.1) is 9.80 Å². The summed E-state index contributed by atoms with van der Waals surface area (Å²) in [6.07, 6.45) is 0. The summed E-state index contributed by atoms with van der Waals surface area (Å²) in [5.74, 6) is 0.0623. The molecule has 1 heterocycles. The number of carbonyl (C=O) groups is 1. The number of benzene rings is 2. The van der Waals surface area contributed by atoms with Crippen molar-refractivity contribution in [1.29, 1.82) is 0 Å². The van der Waals surface area contributed by atoms with Gasteiger partial charge in [-0.2, -0.15) is 0 Å². The molecule has 0 aliphatic carbocycles.